The molecule has 4 saturated carbocycles. The number of esters is 1. The lowest BCUT2D eigenvalue weighted by Gasteiger charge is -2.62. The molecule has 0 saturated heterocycles. The fourth-order valence-electron chi connectivity index (χ4n) is 9.73. The Labute approximate surface area is 236 Å². The third kappa shape index (κ3) is 5.01. The first-order valence-corrected chi connectivity index (χ1v) is 15.9. The van der Waals surface area contributed by atoms with Crippen molar-refractivity contribution in [2.75, 3.05) is 7.11 Å². The van der Waals surface area contributed by atoms with Crippen molar-refractivity contribution in [3.63, 3.8) is 0 Å². The molecule has 0 amide bonds. The molecule has 4 aliphatic carbocycles. The number of aromatic nitrogens is 3. The number of Topliss-reactive ketones (excluding diaryl/α,β-unsaturated/α-hetero) is 1. The van der Waals surface area contributed by atoms with Crippen LogP contribution in [0.2, 0.25) is 0 Å². The number of fused-ring (bicyclic) bond motifs is 5. The zero-order valence-electron chi connectivity index (χ0n) is 25.0. The van der Waals surface area contributed by atoms with E-state index in [0.29, 0.717) is 54.1 Å². The summed E-state index contributed by atoms with van der Waals surface area (Å²) in [6.45, 7) is 9.26. The van der Waals surface area contributed by atoms with Gasteiger partial charge in [-0.1, -0.05) is 52.2 Å². The van der Waals surface area contributed by atoms with Crippen molar-refractivity contribution >= 4 is 11.8 Å². The van der Waals surface area contributed by atoms with Crippen LogP contribution in [0.15, 0.2) is 6.20 Å². The second-order valence-corrected chi connectivity index (χ2v) is 13.8. The third-order valence-corrected chi connectivity index (χ3v) is 12.1. The summed E-state index contributed by atoms with van der Waals surface area (Å²) in [4.78, 5) is 26.1. The fourth-order valence-corrected chi connectivity index (χ4v) is 9.73. The number of ether oxygens (including phenoxy) is 1. The Morgan fingerprint density at radius 1 is 1.15 bits per heavy atom. The molecular formula is C33H51N3O3. The zero-order valence-corrected chi connectivity index (χ0v) is 25.0. The van der Waals surface area contributed by atoms with Crippen molar-refractivity contribution in [1.29, 1.82) is 0 Å². The van der Waals surface area contributed by atoms with E-state index in [9.17, 15) is 9.59 Å². The standard InChI is InChI=1S/C33H51N3O3/c1-6-7-8-9-12-24-21-36(35-34-24)29-13-10-11-23-15-16-25-27-18-17-26(22(2)14-19-31(38)39-5)33(27,4)30(37)20-28(25)32(23,29)3/h10,16,21-23,25-29H,6-9,11-15,17-20H2,1-5H3/t22-,23?,25?,26?,27?,28?,29?,32?,33?/m1/s1. The molecule has 1 aromatic rings. The van der Waals surface area contributed by atoms with E-state index in [1.165, 1.54) is 32.8 Å². The summed E-state index contributed by atoms with van der Waals surface area (Å²) in [5.74, 6) is 2.82. The van der Waals surface area contributed by atoms with Crippen LogP contribution in [0, 0.1) is 59.2 Å². The van der Waals surface area contributed by atoms with Crippen LogP contribution in [0.5, 0.6) is 0 Å². The number of carbonyl (C=O) groups is 2. The van der Waals surface area contributed by atoms with Gasteiger partial charge in [0.15, 0.2) is 0 Å². The van der Waals surface area contributed by atoms with Crippen molar-refractivity contribution in [3.05, 3.63) is 24.7 Å². The average Bonchev–Trinajstić information content (AvgIpc) is 3.54. The van der Waals surface area contributed by atoms with Crippen molar-refractivity contribution in [3.8, 4) is 0 Å². The van der Waals surface area contributed by atoms with Crippen molar-refractivity contribution in [2.45, 2.75) is 117 Å². The summed E-state index contributed by atoms with van der Waals surface area (Å²) >= 11 is 0. The maximum absolute atomic E-state index is 14.2. The summed E-state index contributed by atoms with van der Waals surface area (Å²) < 4.78 is 7.09. The topological polar surface area (TPSA) is 74.1 Å². The molecule has 1 heterocycles. The van der Waals surface area contributed by atoms with E-state index in [4.69, 9.17) is 9.95 Å². The van der Waals surface area contributed by atoms with Crippen LogP contribution in [0.25, 0.3) is 0 Å². The van der Waals surface area contributed by atoms with Gasteiger partial charge in [-0.05, 0) is 105 Å². The van der Waals surface area contributed by atoms with Gasteiger partial charge < -0.3 is 4.74 Å². The maximum Gasteiger partial charge on any atom is 0.305 e. The predicted molar refractivity (Wildman–Crippen MR) is 152 cm³/mol. The molecule has 6 heteroatoms. The van der Waals surface area contributed by atoms with Crippen LogP contribution in [-0.2, 0) is 20.7 Å². The second-order valence-electron chi connectivity index (χ2n) is 13.8. The molecule has 2 radical (unpaired) electrons. The first kappa shape index (κ1) is 28.8. The van der Waals surface area contributed by atoms with Crippen molar-refractivity contribution in [2.24, 2.45) is 46.3 Å². The molecule has 0 bridgehead atoms. The van der Waals surface area contributed by atoms with Gasteiger partial charge in [0.05, 0.1) is 18.8 Å². The van der Waals surface area contributed by atoms with Crippen molar-refractivity contribution in [1.82, 2.24) is 15.0 Å². The highest BCUT2D eigenvalue weighted by molar-refractivity contribution is 5.87. The van der Waals surface area contributed by atoms with E-state index >= 15 is 0 Å². The van der Waals surface area contributed by atoms with E-state index in [1.54, 1.807) is 0 Å². The van der Waals surface area contributed by atoms with Crippen LogP contribution in [0.4, 0.5) is 0 Å². The predicted octanol–water partition coefficient (Wildman–Crippen LogP) is 7.00. The number of hydrogen-bond donors (Lipinski definition) is 0. The van der Waals surface area contributed by atoms with Crippen LogP contribution in [0.3, 0.4) is 0 Å². The van der Waals surface area contributed by atoms with Gasteiger partial charge in [-0.25, -0.2) is 4.68 Å². The Morgan fingerprint density at radius 3 is 2.74 bits per heavy atom. The summed E-state index contributed by atoms with van der Waals surface area (Å²) in [5, 5.41) is 9.30. The first-order valence-electron chi connectivity index (χ1n) is 15.9. The molecule has 6 nitrogen and oxygen atoms in total. The van der Waals surface area contributed by atoms with E-state index in [0.717, 1.165) is 50.6 Å². The van der Waals surface area contributed by atoms with Gasteiger partial charge in [-0.15, -0.1) is 5.10 Å². The molecule has 0 aliphatic heterocycles. The van der Waals surface area contributed by atoms with E-state index < -0.39 is 0 Å². The fraction of sp³-hybridized carbons (Fsp3) is 0.818. The van der Waals surface area contributed by atoms with Crippen LogP contribution in [0.1, 0.15) is 116 Å². The number of rotatable bonds is 10. The Hall–Kier alpha value is -1.72. The minimum atomic E-state index is -0.286. The highest BCUT2D eigenvalue weighted by atomic mass is 16.5. The molecule has 8 unspecified atom stereocenters. The Balaban J connectivity index is 1.36. The maximum atomic E-state index is 14.2. The molecule has 216 valence electrons. The van der Waals surface area contributed by atoms with Gasteiger partial charge in [-0.3, -0.25) is 9.59 Å². The number of methoxy groups -OCH3 is 1. The SMILES string of the molecule is CCCCCCc1cn(C2C[CH]CC3C[CH]C4C5CCC([C@H](C)CCC(=O)OC)C5(C)C(=O)CC4C32C)nn1. The zero-order chi connectivity index (χ0) is 27.8. The summed E-state index contributed by atoms with van der Waals surface area (Å²) in [7, 11) is 1.46. The molecule has 9 atom stereocenters. The van der Waals surface area contributed by atoms with Crippen LogP contribution < -0.4 is 0 Å². The highest BCUT2D eigenvalue weighted by Crippen LogP contribution is 2.68. The number of ketones is 1. The minimum Gasteiger partial charge on any atom is -0.469 e. The third-order valence-electron chi connectivity index (χ3n) is 12.1. The van der Waals surface area contributed by atoms with Crippen molar-refractivity contribution < 1.29 is 14.3 Å². The lowest BCUT2D eigenvalue weighted by molar-refractivity contribution is -0.155. The quantitative estimate of drug-likeness (QED) is 0.237. The minimum absolute atomic E-state index is 0.0346. The van der Waals surface area contributed by atoms with Crippen LogP contribution >= 0.6 is 0 Å². The summed E-state index contributed by atoms with van der Waals surface area (Å²) in [5.41, 5.74) is 0.862. The first-order chi connectivity index (χ1) is 18.7. The smallest absolute Gasteiger partial charge is 0.305 e. The average molecular weight is 538 g/mol. The largest absolute Gasteiger partial charge is 0.469 e. The van der Waals surface area contributed by atoms with Gasteiger partial charge in [0.25, 0.3) is 0 Å². The number of carbonyl (C=O) groups excluding carboxylic acids is 2. The summed E-state index contributed by atoms with van der Waals surface area (Å²) in [6, 6.07) is 0.266. The lowest BCUT2D eigenvalue weighted by Crippen LogP contribution is -2.59. The normalized spacial score (nSPS) is 38.5. The molecule has 0 N–H and O–H groups in total. The Bertz CT molecular complexity index is 1020. The molecule has 4 aliphatic rings. The second kappa shape index (κ2) is 11.6. The Kier molecular flexibility index (Phi) is 8.60. The van der Waals surface area contributed by atoms with Gasteiger partial charge in [0, 0.05) is 24.5 Å². The van der Waals surface area contributed by atoms with Crippen LogP contribution in [-0.4, -0.2) is 33.9 Å². The van der Waals surface area contributed by atoms with Gasteiger partial charge in [0.1, 0.15) is 5.78 Å². The molecule has 4 fully saturated rings. The monoisotopic (exact) mass is 537 g/mol. The number of hydrogen-bond acceptors (Lipinski definition) is 5. The van der Waals surface area contributed by atoms with Gasteiger partial charge in [-0.2, -0.15) is 0 Å². The molecule has 5 rings (SSSR count). The number of nitrogens with zero attached hydrogens (tertiary/aromatic N) is 3. The lowest BCUT2D eigenvalue weighted by atomic mass is 9.43. The molecule has 0 aromatic carbocycles. The molecule has 1 aromatic heterocycles. The molecule has 0 spiro atoms. The Morgan fingerprint density at radius 2 is 1.97 bits per heavy atom. The molecular weight excluding hydrogens is 486 g/mol. The number of aryl methyl sites for hydroxylation is 1. The van der Waals surface area contributed by atoms with E-state index in [-0.39, 0.29) is 22.8 Å². The summed E-state index contributed by atoms with van der Waals surface area (Å²) in [6.07, 6.45) is 20.7. The highest BCUT2D eigenvalue weighted by Gasteiger charge is 2.65. The number of unbranched alkanes of at least 4 members (excludes halogenated alkanes) is 3. The molecule has 39 heavy (non-hydrogen) atoms. The van der Waals surface area contributed by atoms with E-state index in [2.05, 4.69) is 56.5 Å². The van der Waals surface area contributed by atoms with Gasteiger partial charge in [0.2, 0.25) is 0 Å². The van der Waals surface area contributed by atoms with E-state index in [1.807, 2.05) is 0 Å². The van der Waals surface area contributed by atoms with Gasteiger partial charge >= 0.3 is 5.97 Å².